The van der Waals surface area contributed by atoms with Gasteiger partial charge in [-0.2, -0.15) is 0 Å². The number of fused-ring (bicyclic) bond motifs is 1. The van der Waals surface area contributed by atoms with Crippen molar-refractivity contribution in [3.05, 3.63) is 42.5 Å². The molecule has 1 unspecified atom stereocenters. The number of benzene rings is 2. The molecule has 0 aliphatic heterocycles. The average Bonchev–Trinajstić information content (AvgIpc) is 2.54. The van der Waals surface area contributed by atoms with Crippen molar-refractivity contribution >= 4 is 28.3 Å². The molecule has 2 rings (SSSR count). The molecule has 0 radical (unpaired) electrons. The number of hydrogen-bond acceptors (Lipinski definition) is 3. The van der Waals surface area contributed by atoms with Crippen molar-refractivity contribution in [1.82, 2.24) is 5.32 Å². The fourth-order valence-electron chi connectivity index (χ4n) is 2.15. The molecular formula is C17H20N2O3. The Kier molecular flexibility index (Phi) is 5.49. The van der Waals surface area contributed by atoms with E-state index >= 15 is 0 Å². The van der Waals surface area contributed by atoms with Gasteiger partial charge in [-0.15, -0.1) is 0 Å². The molecule has 22 heavy (non-hydrogen) atoms. The fourth-order valence-corrected chi connectivity index (χ4v) is 2.15. The Balaban J connectivity index is 1.97. The van der Waals surface area contributed by atoms with Crippen LogP contribution in [0.25, 0.3) is 10.8 Å². The summed E-state index contributed by atoms with van der Waals surface area (Å²) in [5.41, 5.74) is 0.604. The van der Waals surface area contributed by atoms with Gasteiger partial charge in [-0.3, -0.25) is 9.59 Å². The molecule has 2 amide bonds. The highest BCUT2D eigenvalue weighted by Crippen LogP contribution is 2.22. The van der Waals surface area contributed by atoms with Crippen molar-refractivity contribution in [2.75, 3.05) is 11.9 Å². The van der Waals surface area contributed by atoms with Crippen molar-refractivity contribution in [3.63, 3.8) is 0 Å². The average molecular weight is 300 g/mol. The van der Waals surface area contributed by atoms with Crippen LogP contribution in [0, 0.1) is 0 Å². The molecule has 0 saturated carbocycles. The zero-order chi connectivity index (χ0) is 15.9. The van der Waals surface area contributed by atoms with Crippen molar-refractivity contribution in [1.29, 1.82) is 0 Å². The van der Waals surface area contributed by atoms with E-state index in [-0.39, 0.29) is 6.54 Å². The fraction of sp³-hybridized carbons (Fsp3) is 0.294. The Morgan fingerprint density at radius 2 is 1.82 bits per heavy atom. The second-order valence-electron chi connectivity index (χ2n) is 5.09. The van der Waals surface area contributed by atoms with Crippen LogP contribution in [0.15, 0.2) is 42.5 Å². The third kappa shape index (κ3) is 4.05. The van der Waals surface area contributed by atoms with Crippen LogP contribution in [0.3, 0.4) is 0 Å². The van der Waals surface area contributed by atoms with Crippen LogP contribution < -0.4 is 10.6 Å². The monoisotopic (exact) mass is 300 g/mol. The third-order valence-electron chi connectivity index (χ3n) is 3.48. The van der Waals surface area contributed by atoms with Crippen molar-refractivity contribution in [3.8, 4) is 0 Å². The Morgan fingerprint density at radius 1 is 1.09 bits per heavy atom. The second-order valence-corrected chi connectivity index (χ2v) is 5.09. The standard InChI is InChI=1S/C17H20N2O3/c1-2-13(20)10-11-18-16(21)17(22)19-15-9-5-7-12-6-3-4-8-14(12)15/h3-9,13,20H,2,10-11H2,1H3,(H,18,21)(H,19,22). The van der Waals surface area contributed by atoms with Gasteiger partial charge in [0.25, 0.3) is 0 Å². The van der Waals surface area contributed by atoms with Crippen molar-refractivity contribution in [2.24, 2.45) is 0 Å². The van der Waals surface area contributed by atoms with E-state index in [4.69, 9.17) is 0 Å². The van der Waals surface area contributed by atoms with Gasteiger partial charge in [0.05, 0.1) is 6.10 Å². The normalized spacial score (nSPS) is 11.9. The van der Waals surface area contributed by atoms with E-state index in [0.29, 0.717) is 18.5 Å². The lowest BCUT2D eigenvalue weighted by molar-refractivity contribution is -0.136. The Bertz CT molecular complexity index is 665. The molecule has 0 aliphatic carbocycles. The van der Waals surface area contributed by atoms with E-state index in [1.807, 2.05) is 43.3 Å². The largest absolute Gasteiger partial charge is 0.393 e. The topological polar surface area (TPSA) is 78.4 Å². The van der Waals surface area contributed by atoms with Gasteiger partial charge in [-0.1, -0.05) is 43.3 Å². The molecule has 0 heterocycles. The van der Waals surface area contributed by atoms with Crippen molar-refractivity contribution in [2.45, 2.75) is 25.9 Å². The van der Waals surface area contributed by atoms with Crippen LogP contribution in [0.4, 0.5) is 5.69 Å². The van der Waals surface area contributed by atoms with Crippen LogP contribution in [0.5, 0.6) is 0 Å². The number of carbonyl (C=O) groups is 2. The maximum absolute atomic E-state index is 11.9. The molecule has 0 fully saturated rings. The predicted molar refractivity (Wildman–Crippen MR) is 86.5 cm³/mol. The highest BCUT2D eigenvalue weighted by molar-refractivity contribution is 6.40. The van der Waals surface area contributed by atoms with E-state index in [1.54, 1.807) is 6.07 Å². The summed E-state index contributed by atoms with van der Waals surface area (Å²) in [4.78, 5) is 23.7. The second kappa shape index (κ2) is 7.56. The molecule has 2 aromatic rings. The Labute approximate surface area is 129 Å². The highest BCUT2D eigenvalue weighted by atomic mass is 16.3. The SMILES string of the molecule is CCC(O)CCNC(=O)C(=O)Nc1cccc2ccccc12. The summed E-state index contributed by atoms with van der Waals surface area (Å²) < 4.78 is 0. The smallest absolute Gasteiger partial charge is 0.313 e. The van der Waals surface area contributed by atoms with Gasteiger partial charge in [0, 0.05) is 17.6 Å². The van der Waals surface area contributed by atoms with Gasteiger partial charge in [0.15, 0.2) is 0 Å². The lowest BCUT2D eigenvalue weighted by atomic mass is 10.1. The summed E-state index contributed by atoms with van der Waals surface area (Å²) >= 11 is 0. The molecule has 2 aromatic carbocycles. The van der Waals surface area contributed by atoms with Gasteiger partial charge in [0.1, 0.15) is 0 Å². The maximum atomic E-state index is 11.9. The quantitative estimate of drug-likeness (QED) is 0.740. The Morgan fingerprint density at radius 3 is 2.59 bits per heavy atom. The number of hydrogen-bond donors (Lipinski definition) is 3. The first-order valence-corrected chi connectivity index (χ1v) is 7.36. The summed E-state index contributed by atoms with van der Waals surface area (Å²) in [7, 11) is 0. The molecule has 0 aliphatic rings. The molecule has 0 spiro atoms. The van der Waals surface area contributed by atoms with E-state index in [9.17, 15) is 14.7 Å². The molecule has 0 bridgehead atoms. The molecule has 0 aromatic heterocycles. The number of aliphatic hydroxyl groups excluding tert-OH is 1. The van der Waals surface area contributed by atoms with Crippen molar-refractivity contribution < 1.29 is 14.7 Å². The van der Waals surface area contributed by atoms with E-state index in [0.717, 1.165) is 10.8 Å². The summed E-state index contributed by atoms with van der Waals surface area (Å²) in [6.45, 7) is 2.14. The molecule has 0 saturated heterocycles. The maximum Gasteiger partial charge on any atom is 0.313 e. The van der Waals surface area contributed by atoms with E-state index < -0.39 is 17.9 Å². The molecule has 5 heteroatoms. The van der Waals surface area contributed by atoms with Crippen LogP contribution >= 0.6 is 0 Å². The summed E-state index contributed by atoms with van der Waals surface area (Å²) in [5, 5.41) is 16.4. The van der Waals surface area contributed by atoms with E-state index in [1.165, 1.54) is 0 Å². The first kappa shape index (κ1) is 16.0. The first-order valence-electron chi connectivity index (χ1n) is 7.36. The minimum atomic E-state index is -0.706. The molecule has 3 N–H and O–H groups in total. The number of rotatable bonds is 5. The van der Waals surface area contributed by atoms with Crippen LogP contribution in [0.2, 0.25) is 0 Å². The summed E-state index contributed by atoms with van der Waals surface area (Å²) in [6.07, 6.45) is 0.600. The van der Waals surface area contributed by atoms with Crippen LogP contribution in [-0.4, -0.2) is 29.6 Å². The van der Waals surface area contributed by atoms with Gasteiger partial charge >= 0.3 is 11.8 Å². The number of anilines is 1. The first-order chi connectivity index (χ1) is 10.6. The minimum absolute atomic E-state index is 0.275. The Hall–Kier alpha value is -2.40. The zero-order valence-electron chi connectivity index (χ0n) is 12.5. The van der Waals surface area contributed by atoms with Gasteiger partial charge in [-0.05, 0) is 24.3 Å². The molecule has 116 valence electrons. The van der Waals surface area contributed by atoms with Gasteiger partial charge in [-0.25, -0.2) is 0 Å². The lowest BCUT2D eigenvalue weighted by Crippen LogP contribution is -2.36. The summed E-state index contributed by atoms with van der Waals surface area (Å²) in [6, 6.07) is 13.2. The zero-order valence-corrected chi connectivity index (χ0v) is 12.5. The molecule has 5 nitrogen and oxygen atoms in total. The lowest BCUT2D eigenvalue weighted by Gasteiger charge is -2.10. The highest BCUT2D eigenvalue weighted by Gasteiger charge is 2.14. The third-order valence-corrected chi connectivity index (χ3v) is 3.48. The van der Waals surface area contributed by atoms with Gasteiger partial charge < -0.3 is 15.7 Å². The molecule has 1 atom stereocenters. The van der Waals surface area contributed by atoms with Crippen LogP contribution in [0.1, 0.15) is 19.8 Å². The number of carbonyl (C=O) groups excluding carboxylic acids is 2. The predicted octanol–water partition coefficient (Wildman–Crippen LogP) is 2.06. The number of amides is 2. The van der Waals surface area contributed by atoms with Crippen LogP contribution in [-0.2, 0) is 9.59 Å². The van der Waals surface area contributed by atoms with E-state index in [2.05, 4.69) is 10.6 Å². The minimum Gasteiger partial charge on any atom is -0.393 e. The number of nitrogens with one attached hydrogen (secondary N) is 2. The van der Waals surface area contributed by atoms with Gasteiger partial charge in [0.2, 0.25) is 0 Å². The molecular weight excluding hydrogens is 280 g/mol. The summed E-state index contributed by atoms with van der Waals surface area (Å²) in [5.74, 6) is -1.40. The number of aliphatic hydroxyl groups is 1.